The highest BCUT2D eigenvalue weighted by molar-refractivity contribution is 7.80. The number of benzene rings is 1. The average Bonchev–Trinajstić information content (AvgIpc) is 3.26. The van der Waals surface area contributed by atoms with Gasteiger partial charge in [-0.3, -0.25) is 38.4 Å². The van der Waals surface area contributed by atoms with Crippen LogP contribution < -0.4 is 48.3 Å². The molecule has 1 aromatic carbocycles. The molecule has 390 valence electrons. The van der Waals surface area contributed by atoms with Crippen molar-refractivity contribution in [2.24, 2.45) is 29.4 Å². The summed E-state index contributed by atoms with van der Waals surface area (Å²) in [6, 6.07) is -3.37. The molecule has 10 atom stereocenters. The Bertz CT molecular complexity index is 1850. The van der Waals surface area contributed by atoms with E-state index in [0.717, 1.165) is 5.56 Å². The van der Waals surface area contributed by atoms with Gasteiger partial charge in [-0.25, -0.2) is 4.79 Å². The number of amides is 8. The second kappa shape index (κ2) is 31.0. The Kier molecular flexibility index (Phi) is 27.7. The third-order valence-electron chi connectivity index (χ3n) is 10.5. The number of hydrogen-bond donors (Lipinski definition) is 14. The molecule has 0 saturated carbocycles. The normalized spacial score (nSPS) is 15.8. The standard InChI is InChI=1S/C46H77N9O13S/c1-23(2)15-30(39(60)48-31(16-24(3)4)40(61)50-33(18-26(7)8)42(63)55-37(27(9)58)45(66)53-35(21-57)46(67)68)49-41(62)32(17-25(5)6)51-44(65)36(22-69)54-43(64)34(20-56)52-38(59)29(47)19-28-13-11-10-12-14-28/h10-14,23-27,29-37,56-58,69H,15-22,47H2,1-9H3,(H,48,60)(H,49,62)(H,50,61)(H,51,65)(H,52,59)(H,53,66)(H,54,64)(H,55,63)(H,67,68)/t27-,29+,30+,31+,32+,33+,34+,35+,36+,37+/m1/s1. The Morgan fingerprint density at radius 2 is 0.797 bits per heavy atom. The van der Waals surface area contributed by atoms with E-state index in [0.29, 0.717) is 0 Å². The highest BCUT2D eigenvalue weighted by Crippen LogP contribution is 2.14. The molecule has 0 saturated heterocycles. The number of aliphatic hydroxyl groups is 3. The maximum Gasteiger partial charge on any atom is 0.328 e. The van der Waals surface area contributed by atoms with Crippen molar-refractivity contribution in [3.63, 3.8) is 0 Å². The van der Waals surface area contributed by atoms with E-state index in [1.807, 2.05) is 5.32 Å². The highest BCUT2D eigenvalue weighted by atomic mass is 32.1. The van der Waals surface area contributed by atoms with Crippen LogP contribution in [0.2, 0.25) is 0 Å². The van der Waals surface area contributed by atoms with Crippen LogP contribution in [0.3, 0.4) is 0 Å². The summed E-state index contributed by atoms with van der Waals surface area (Å²) in [7, 11) is 0. The number of nitrogens with one attached hydrogen (secondary N) is 8. The van der Waals surface area contributed by atoms with Crippen molar-refractivity contribution in [2.75, 3.05) is 19.0 Å². The zero-order chi connectivity index (χ0) is 52.7. The molecule has 8 amide bonds. The van der Waals surface area contributed by atoms with Crippen LogP contribution in [0.4, 0.5) is 0 Å². The van der Waals surface area contributed by atoms with Crippen molar-refractivity contribution in [1.82, 2.24) is 42.5 Å². The first-order valence-corrected chi connectivity index (χ1v) is 23.8. The lowest BCUT2D eigenvalue weighted by Crippen LogP contribution is -2.61. The van der Waals surface area contributed by atoms with E-state index in [1.54, 1.807) is 85.7 Å². The maximum atomic E-state index is 14.1. The van der Waals surface area contributed by atoms with Crippen LogP contribution in [0, 0.1) is 23.7 Å². The largest absolute Gasteiger partial charge is 0.480 e. The Balaban J connectivity index is 3.28. The summed E-state index contributed by atoms with van der Waals surface area (Å²) >= 11 is 4.21. The van der Waals surface area contributed by atoms with Crippen molar-refractivity contribution >= 4 is 65.9 Å². The van der Waals surface area contributed by atoms with E-state index in [1.165, 1.54) is 6.92 Å². The predicted octanol–water partition coefficient (Wildman–Crippen LogP) is -2.00. The van der Waals surface area contributed by atoms with Crippen molar-refractivity contribution in [2.45, 2.75) is 155 Å². The molecule has 22 nitrogen and oxygen atoms in total. The molecule has 0 radical (unpaired) electrons. The van der Waals surface area contributed by atoms with Gasteiger partial charge in [0.15, 0.2) is 0 Å². The van der Waals surface area contributed by atoms with Crippen molar-refractivity contribution < 1.29 is 63.6 Å². The molecule has 0 aromatic heterocycles. The summed E-state index contributed by atoms with van der Waals surface area (Å²) < 4.78 is 0. The van der Waals surface area contributed by atoms with Crippen LogP contribution >= 0.6 is 12.6 Å². The molecular formula is C46H77N9O13S. The Morgan fingerprint density at radius 3 is 1.13 bits per heavy atom. The molecule has 69 heavy (non-hydrogen) atoms. The van der Waals surface area contributed by atoms with Gasteiger partial charge in [0.1, 0.15) is 48.3 Å². The number of carboxylic acids is 1. The van der Waals surface area contributed by atoms with Crippen LogP contribution in [0.1, 0.15) is 93.6 Å². The molecule has 1 aromatic rings. The third-order valence-corrected chi connectivity index (χ3v) is 10.9. The van der Waals surface area contributed by atoms with Gasteiger partial charge in [-0.15, -0.1) is 0 Å². The highest BCUT2D eigenvalue weighted by Gasteiger charge is 2.36. The van der Waals surface area contributed by atoms with E-state index in [9.17, 15) is 63.6 Å². The Hall–Kier alpha value is -5.36. The van der Waals surface area contributed by atoms with Crippen LogP contribution in [0.15, 0.2) is 30.3 Å². The topological polar surface area (TPSA) is 357 Å². The Morgan fingerprint density at radius 1 is 0.478 bits per heavy atom. The van der Waals surface area contributed by atoms with Gasteiger partial charge in [-0.2, -0.15) is 12.6 Å². The fraction of sp³-hybridized carbons (Fsp3) is 0.674. The molecule has 0 unspecified atom stereocenters. The minimum Gasteiger partial charge on any atom is -0.480 e. The second-order valence-electron chi connectivity index (χ2n) is 18.9. The minimum atomic E-state index is -1.72. The van der Waals surface area contributed by atoms with Crippen molar-refractivity contribution in [1.29, 1.82) is 0 Å². The van der Waals surface area contributed by atoms with Crippen LogP contribution in [0.5, 0.6) is 0 Å². The van der Waals surface area contributed by atoms with Crippen LogP contribution in [-0.4, -0.2) is 153 Å². The first-order chi connectivity index (χ1) is 32.2. The molecular weight excluding hydrogens is 919 g/mol. The lowest BCUT2D eigenvalue weighted by molar-refractivity contribution is -0.144. The average molecular weight is 996 g/mol. The number of rotatable bonds is 31. The van der Waals surface area contributed by atoms with E-state index < -0.39 is 127 Å². The van der Waals surface area contributed by atoms with Crippen molar-refractivity contribution in [3.05, 3.63) is 35.9 Å². The summed E-state index contributed by atoms with van der Waals surface area (Å²) in [6.45, 7) is 13.7. The fourth-order valence-corrected chi connectivity index (χ4v) is 7.16. The maximum absolute atomic E-state index is 14.1. The number of aliphatic hydroxyl groups excluding tert-OH is 3. The lowest BCUT2D eigenvalue weighted by atomic mass is 9.98. The lowest BCUT2D eigenvalue weighted by Gasteiger charge is -2.29. The Labute approximate surface area is 410 Å². The number of hydrogen-bond acceptors (Lipinski definition) is 14. The number of nitrogens with two attached hydrogens (primary N) is 1. The van der Waals surface area contributed by atoms with Gasteiger partial charge < -0.3 is 68.7 Å². The van der Waals surface area contributed by atoms with Gasteiger partial charge >= 0.3 is 5.97 Å². The SMILES string of the molecule is CC(C)C[C@H](NC(=O)[C@H](CC(C)C)NC(=O)[C@H](CS)NC(=O)[C@H](CO)NC(=O)[C@@H](N)Cc1ccccc1)C(=O)N[C@@H](CC(C)C)C(=O)N[C@@H](CC(C)C)C(=O)N[C@H](C(=O)N[C@@H](CO)C(=O)O)[C@@H](C)O. The number of carbonyl (C=O) groups excluding carboxylic acids is 8. The number of carboxylic acid groups (broad SMARTS) is 1. The summed E-state index contributed by atoms with van der Waals surface area (Å²) in [4.78, 5) is 120. The monoisotopic (exact) mass is 996 g/mol. The smallest absolute Gasteiger partial charge is 0.328 e. The number of aliphatic carboxylic acids is 1. The zero-order valence-corrected chi connectivity index (χ0v) is 42.0. The first kappa shape index (κ1) is 61.7. The fourth-order valence-electron chi connectivity index (χ4n) is 6.91. The van der Waals surface area contributed by atoms with Gasteiger partial charge in [-0.1, -0.05) is 85.7 Å². The van der Waals surface area contributed by atoms with Gasteiger partial charge in [0.25, 0.3) is 0 Å². The van der Waals surface area contributed by atoms with Crippen molar-refractivity contribution in [3.8, 4) is 0 Å². The molecule has 0 heterocycles. The molecule has 0 fully saturated rings. The summed E-state index contributed by atoms with van der Waals surface area (Å²) in [5.74, 6) is -9.25. The van der Waals surface area contributed by atoms with Gasteiger partial charge in [0.05, 0.1) is 25.4 Å². The second-order valence-corrected chi connectivity index (χ2v) is 19.2. The van der Waals surface area contributed by atoms with Gasteiger partial charge in [0, 0.05) is 5.75 Å². The van der Waals surface area contributed by atoms with Crippen LogP contribution in [0.25, 0.3) is 0 Å². The predicted molar refractivity (Wildman–Crippen MR) is 259 cm³/mol. The third kappa shape index (κ3) is 22.7. The summed E-state index contributed by atoms with van der Waals surface area (Å²) in [5, 5.41) is 58.8. The van der Waals surface area contributed by atoms with E-state index in [-0.39, 0.29) is 61.5 Å². The molecule has 0 bridgehead atoms. The molecule has 0 aliphatic heterocycles. The zero-order valence-electron chi connectivity index (χ0n) is 41.1. The van der Waals surface area contributed by atoms with E-state index >= 15 is 0 Å². The first-order valence-electron chi connectivity index (χ1n) is 23.2. The number of carbonyl (C=O) groups is 9. The molecule has 0 aliphatic rings. The quantitative estimate of drug-likeness (QED) is 0.0358. The van der Waals surface area contributed by atoms with E-state index in [2.05, 4.69) is 49.8 Å². The molecule has 14 N–H and O–H groups in total. The summed E-state index contributed by atoms with van der Waals surface area (Å²) in [6.07, 6.45) is -1.07. The molecule has 23 heteroatoms. The number of thiol groups is 1. The van der Waals surface area contributed by atoms with Crippen LogP contribution in [-0.2, 0) is 49.6 Å². The van der Waals surface area contributed by atoms with Gasteiger partial charge in [0.2, 0.25) is 47.3 Å². The minimum absolute atomic E-state index is 0.0394. The molecule has 0 spiro atoms. The van der Waals surface area contributed by atoms with Gasteiger partial charge in [-0.05, 0) is 68.3 Å². The molecule has 1 rings (SSSR count). The molecule has 0 aliphatic carbocycles. The summed E-state index contributed by atoms with van der Waals surface area (Å²) in [5.41, 5.74) is 6.82. The van der Waals surface area contributed by atoms with E-state index in [4.69, 9.17) is 5.73 Å².